The van der Waals surface area contributed by atoms with E-state index in [9.17, 15) is 4.79 Å². The molecule has 1 aliphatic rings. The third kappa shape index (κ3) is 2.99. The molecule has 0 saturated carbocycles. The second-order valence-corrected chi connectivity index (χ2v) is 9.25. The molecule has 4 aromatic heterocycles. The second kappa shape index (κ2) is 7.28. The lowest BCUT2D eigenvalue weighted by atomic mass is 9.97. The lowest BCUT2D eigenvalue weighted by molar-refractivity contribution is 0.698. The lowest BCUT2D eigenvalue weighted by Crippen LogP contribution is -2.28. The lowest BCUT2D eigenvalue weighted by Gasteiger charge is -2.11. The van der Waals surface area contributed by atoms with E-state index in [2.05, 4.69) is 10.1 Å². The largest absolute Gasteiger partial charge is 0.352 e. The van der Waals surface area contributed by atoms with Gasteiger partial charge in [-0.15, -0.1) is 16.4 Å². The molecule has 0 atom stereocenters. The van der Waals surface area contributed by atoms with Crippen molar-refractivity contribution in [2.75, 3.05) is 0 Å². The molecule has 31 heavy (non-hydrogen) atoms. The van der Waals surface area contributed by atoms with Gasteiger partial charge < -0.3 is 0 Å². The fourth-order valence-electron chi connectivity index (χ4n) is 4.34. The van der Waals surface area contributed by atoms with Gasteiger partial charge in [-0.3, -0.25) is 9.55 Å². The molecule has 1 aliphatic carbocycles. The van der Waals surface area contributed by atoms with Crippen molar-refractivity contribution in [3.05, 3.63) is 80.3 Å². The molecular formula is C23H18ClN5OS. The Morgan fingerprint density at radius 1 is 1.06 bits per heavy atom. The predicted octanol–water partition coefficient (Wildman–Crippen LogP) is 4.75. The first kappa shape index (κ1) is 18.7. The summed E-state index contributed by atoms with van der Waals surface area (Å²) in [5.74, 6) is 0.534. The van der Waals surface area contributed by atoms with E-state index in [0.29, 0.717) is 23.0 Å². The summed E-state index contributed by atoms with van der Waals surface area (Å²) in [6.07, 6.45) is 7.80. The highest BCUT2D eigenvalue weighted by molar-refractivity contribution is 7.19. The summed E-state index contributed by atoms with van der Waals surface area (Å²) >= 11 is 8.14. The zero-order valence-corrected chi connectivity index (χ0v) is 18.2. The molecule has 0 unspecified atom stereocenters. The summed E-state index contributed by atoms with van der Waals surface area (Å²) in [6.45, 7) is 0.398. The maximum absolute atomic E-state index is 13.6. The third-order valence-electron chi connectivity index (χ3n) is 5.87. The molecule has 8 heteroatoms. The number of aromatic nitrogens is 5. The van der Waals surface area contributed by atoms with Crippen LogP contribution in [0.25, 0.3) is 27.3 Å². The minimum Gasteiger partial charge on any atom is -0.278 e. The number of thiophene rings is 1. The summed E-state index contributed by atoms with van der Waals surface area (Å²) in [6, 6.07) is 11.4. The molecule has 0 aliphatic heterocycles. The molecule has 0 radical (unpaired) electrons. The quantitative estimate of drug-likeness (QED) is 0.400. The van der Waals surface area contributed by atoms with Crippen LogP contribution in [0.15, 0.2) is 53.6 Å². The highest BCUT2D eigenvalue weighted by atomic mass is 35.5. The van der Waals surface area contributed by atoms with Gasteiger partial charge in [0, 0.05) is 27.9 Å². The number of fused-ring (bicyclic) bond motifs is 5. The number of rotatable bonds is 3. The Kier molecular flexibility index (Phi) is 4.40. The van der Waals surface area contributed by atoms with E-state index in [4.69, 9.17) is 16.6 Å². The van der Waals surface area contributed by atoms with Gasteiger partial charge in [0.15, 0.2) is 11.5 Å². The zero-order chi connectivity index (χ0) is 20.9. The maximum Gasteiger partial charge on any atom is 0.352 e. The second-order valence-electron chi connectivity index (χ2n) is 7.76. The third-order valence-corrected chi connectivity index (χ3v) is 7.55. The number of hydrogen-bond donors (Lipinski definition) is 0. The molecule has 0 N–H and O–H groups in total. The SMILES string of the molecule is O=c1n(Cc2ccccc2Cl)c2sc3c(c2c2nc(-c4ccncc4)nn12)CCCC3. The van der Waals surface area contributed by atoms with Crippen LogP contribution in [0.4, 0.5) is 0 Å². The number of aryl methyl sites for hydroxylation is 2. The molecule has 0 spiro atoms. The van der Waals surface area contributed by atoms with Crippen LogP contribution in [-0.2, 0) is 19.4 Å². The molecule has 5 aromatic rings. The van der Waals surface area contributed by atoms with Crippen LogP contribution in [0.2, 0.25) is 5.02 Å². The molecule has 1 aromatic carbocycles. The Bertz CT molecular complexity index is 1500. The number of hydrogen-bond acceptors (Lipinski definition) is 5. The van der Waals surface area contributed by atoms with Gasteiger partial charge in [-0.05, 0) is 55.0 Å². The van der Waals surface area contributed by atoms with Crippen LogP contribution < -0.4 is 5.69 Å². The fraction of sp³-hybridized carbons (Fsp3) is 0.217. The minimum atomic E-state index is -0.200. The molecule has 154 valence electrons. The van der Waals surface area contributed by atoms with Gasteiger partial charge in [-0.2, -0.15) is 4.52 Å². The number of benzene rings is 1. The summed E-state index contributed by atoms with van der Waals surface area (Å²) in [5, 5.41) is 6.31. The van der Waals surface area contributed by atoms with Gasteiger partial charge in [0.05, 0.1) is 11.9 Å². The van der Waals surface area contributed by atoms with Crippen LogP contribution in [0, 0.1) is 0 Å². The van der Waals surface area contributed by atoms with Gasteiger partial charge in [-0.1, -0.05) is 29.8 Å². The van der Waals surface area contributed by atoms with Gasteiger partial charge in [0.1, 0.15) is 4.83 Å². The Labute approximate surface area is 186 Å². The van der Waals surface area contributed by atoms with Crippen LogP contribution in [-0.4, -0.2) is 24.1 Å². The summed E-state index contributed by atoms with van der Waals surface area (Å²) < 4.78 is 3.26. The highest BCUT2D eigenvalue weighted by Crippen LogP contribution is 2.38. The predicted molar refractivity (Wildman–Crippen MR) is 123 cm³/mol. The van der Waals surface area contributed by atoms with Gasteiger partial charge >= 0.3 is 5.69 Å². The molecule has 6 rings (SSSR count). The fourth-order valence-corrected chi connectivity index (χ4v) is 5.91. The van der Waals surface area contributed by atoms with Crippen molar-refractivity contribution in [1.82, 2.24) is 24.1 Å². The first-order chi connectivity index (χ1) is 15.2. The van der Waals surface area contributed by atoms with Crippen molar-refractivity contribution >= 4 is 38.8 Å². The average molecular weight is 448 g/mol. The number of nitrogens with zero attached hydrogens (tertiary/aromatic N) is 5. The first-order valence-corrected chi connectivity index (χ1v) is 11.5. The Morgan fingerprint density at radius 2 is 1.87 bits per heavy atom. The monoisotopic (exact) mass is 447 g/mol. The van der Waals surface area contributed by atoms with E-state index in [1.54, 1.807) is 28.3 Å². The van der Waals surface area contributed by atoms with Crippen LogP contribution in [0.3, 0.4) is 0 Å². The highest BCUT2D eigenvalue weighted by Gasteiger charge is 2.24. The van der Waals surface area contributed by atoms with Crippen molar-refractivity contribution < 1.29 is 0 Å². The zero-order valence-electron chi connectivity index (χ0n) is 16.6. The molecule has 0 amide bonds. The Hall–Kier alpha value is -3.03. The van der Waals surface area contributed by atoms with Crippen molar-refractivity contribution in [3.63, 3.8) is 0 Å². The van der Waals surface area contributed by atoms with E-state index >= 15 is 0 Å². The van der Waals surface area contributed by atoms with Gasteiger partial charge in [-0.25, -0.2) is 9.78 Å². The van der Waals surface area contributed by atoms with Gasteiger partial charge in [0.2, 0.25) is 0 Å². The number of pyridine rings is 1. The molecule has 6 nitrogen and oxygen atoms in total. The molecule has 0 bridgehead atoms. The molecule has 0 fully saturated rings. The maximum atomic E-state index is 13.6. The minimum absolute atomic E-state index is 0.200. The van der Waals surface area contributed by atoms with E-state index in [-0.39, 0.29) is 5.69 Å². The molecular weight excluding hydrogens is 430 g/mol. The molecule has 4 heterocycles. The standard InChI is InChI=1S/C23H18ClN5OS/c24-17-7-3-1-5-15(17)13-28-22-19(16-6-2-4-8-18(16)31-22)21-26-20(27-29(21)23(28)30)14-9-11-25-12-10-14/h1,3,5,7,9-12H,2,4,6,8,13H2. The molecule has 0 saturated heterocycles. The Balaban J connectivity index is 1.67. The Morgan fingerprint density at radius 3 is 2.71 bits per heavy atom. The van der Waals surface area contributed by atoms with E-state index in [1.807, 2.05) is 36.4 Å². The van der Waals surface area contributed by atoms with Crippen molar-refractivity contribution in [1.29, 1.82) is 0 Å². The van der Waals surface area contributed by atoms with Crippen molar-refractivity contribution in [2.45, 2.75) is 32.2 Å². The average Bonchev–Trinajstić information content (AvgIpc) is 3.40. The normalized spacial score (nSPS) is 13.7. The smallest absolute Gasteiger partial charge is 0.278 e. The van der Waals surface area contributed by atoms with Crippen molar-refractivity contribution in [2.24, 2.45) is 0 Å². The summed E-state index contributed by atoms with van der Waals surface area (Å²) in [7, 11) is 0. The topological polar surface area (TPSA) is 65.1 Å². The van der Waals surface area contributed by atoms with Crippen LogP contribution in [0.5, 0.6) is 0 Å². The van der Waals surface area contributed by atoms with E-state index < -0.39 is 0 Å². The van der Waals surface area contributed by atoms with Gasteiger partial charge in [0.25, 0.3) is 0 Å². The van der Waals surface area contributed by atoms with Crippen LogP contribution >= 0.6 is 22.9 Å². The van der Waals surface area contributed by atoms with Crippen LogP contribution in [0.1, 0.15) is 28.8 Å². The first-order valence-electron chi connectivity index (χ1n) is 10.3. The summed E-state index contributed by atoms with van der Waals surface area (Å²) in [5.41, 5.74) is 3.51. The van der Waals surface area contributed by atoms with Crippen molar-refractivity contribution in [3.8, 4) is 11.4 Å². The van der Waals surface area contributed by atoms with E-state index in [1.165, 1.54) is 21.4 Å². The number of halogens is 1. The van der Waals surface area contributed by atoms with E-state index in [0.717, 1.165) is 40.6 Å². The summed E-state index contributed by atoms with van der Waals surface area (Å²) in [4.78, 5) is 24.8.